The van der Waals surface area contributed by atoms with Gasteiger partial charge in [-0.25, -0.2) is 14.4 Å². The SMILES string of the molecule is Cc1nc(Cn2c(CCl)nc3cc(F)c(Cl)cc32)cs1. The van der Waals surface area contributed by atoms with Gasteiger partial charge in [-0.3, -0.25) is 0 Å². The molecule has 3 aromatic rings. The third-order valence-corrected chi connectivity index (χ3v) is 4.33. The Kier molecular flexibility index (Phi) is 3.67. The van der Waals surface area contributed by atoms with Crippen LogP contribution in [0.5, 0.6) is 0 Å². The number of imidazole rings is 1. The molecule has 2 heterocycles. The summed E-state index contributed by atoms with van der Waals surface area (Å²) in [5, 5.41) is 3.07. The largest absolute Gasteiger partial charge is 0.321 e. The van der Waals surface area contributed by atoms with E-state index in [0.717, 1.165) is 16.2 Å². The van der Waals surface area contributed by atoms with Crippen LogP contribution in [0, 0.1) is 12.7 Å². The molecule has 0 saturated heterocycles. The third kappa shape index (κ3) is 2.41. The molecule has 2 aromatic heterocycles. The molecular weight excluding hydrogens is 320 g/mol. The average Bonchev–Trinajstić information content (AvgIpc) is 2.96. The number of alkyl halides is 1. The Bertz CT molecular complexity index is 781. The van der Waals surface area contributed by atoms with Crippen LogP contribution in [0.2, 0.25) is 5.02 Å². The van der Waals surface area contributed by atoms with Gasteiger partial charge in [0.1, 0.15) is 11.6 Å². The summed E-state index contributed by atoms with van der Waals surface area (Å²) < 4.78 is 15.4. The molecule has 0 atom stereocenters. The summed E-state index contributed by atoms with van der Waals surface area (Å²) in [4.78, 5) is 8.77. The molecule has 0 bridgehead atoms. The van der Waals surface area contributed by atoms with Crippen LogP contribution in [0.3, 0.4) is 0 Å². The van der Waals surface area contributed by atoms with Gasteiger partial charge < -0.3 is 4.57 Å². The molecule has 1 aromatic carbocycles. The van der Waals surface area contributed by atoms with Gasteiger partial charge in [0.2, 0.25) is 0 Å². The molecule has 104 valence electrons. The number of hydrogen-bond acceptors (Lipinski definition) is 3. The van der Waals surface area contributed by atoms with Gasteiger partial charge >= 0.3 is 0 Å². The highest BCUT2D eigenvalue weighted by molar-refractivity contribution is 7.09. The number of thiazole rings is 1. The molecule has 0 amide bonds. The molecule has 3 rings (SSSR count). The lowest BCUT2D eigenvalue weighted by Gasteiger charge is -2.05. The first-order valence-corrected chi connectivity index (χ1v) is 7.69. The van der Waals surface area contributed by atoms with E-state index in [1.807, 2.05) is 16.9 Å². The second-order valence-electron chi connectivity index (χ2n) is 4.36. The zero-order chi connectivity index (χ0) is 14.3. The first kappa shape index (κ1) is 13.8. The minimum absolute atomic E-state index is 0.0780. The van der Waals surface area contributed by atoms with Crippen LogP contribution >= 0.6 is 34.5 Å². The summed E-state index contributed by atoms with van der Waals surface area (Å²) in [6.45, 7) is 2.50. The molecule has 0 aliphatic rings. The lowest BCUT2D eigenvalue weighted by molar-refractivity contribution is 0.629. The first-order chi connectivity index (χ1) is 9.58. The fraction of sp³-hybridized carbons (Fsp3) is 0.231. The Labute approximate surface area is 129 Å². The van der Waals surface area contributed by atoms with E-state index >= 15 is 0 Å². The van der Waals surface area contributed by atoms with E-state index < -0.39 is 5.82 Å². The molecule has 7 heteroatoms. The minimum atomic E-state index is -0.477. The molecule has 0 aliphatic heterocycles. The summed E-state index contributed by atoms with van der Waals surface area (Å²) >= 11 is 13.4. The van der Waals surface area contributed by atoms with E-state index in [1.54, 1.807) is 17.4 Å². The molecule has 0 fully saturated rings. The number of aromatic nitrogens is 3. The van der Waals surface area contributed by atoms with E-state index in [-0.39, 0.29) is 10.9 Å². The van der Waals surface area contributed by atoms with Gasteiger partial charge in [-0.1, -0.05) is 11.6 Å². The maximum absolute atomic E-state index is 13.5. The molecule has 3 nitrogen and oxygen atoms in total. The van der Waals surface area contributed by atoms with Crippen molar-refractivity contribution in [3.63, 3.8) is 0 Å². The fourth-order valence-corrected chi connectivity index (χ4v) is 3.06. The Morgan fingerprint density at radius 1 is 1.35 bits per heavy atom. The van der Waals surface area contributed by atoms with Gasteiger partial charge in [0.25, 0.3) is 0 Å². The maximum Gasteiger partial charge on any atom is 0.144 e. The molecule has 0 spiro atoms. The number of halogens is 3. The number of fused-ring (bicyclic) bond motifs is 1. The zero-order valence-electron chi connectivity index (χ0n) is 10.5. The number of aryl methyl sites for hydroxylation is 1. The van der Waals surface area contributed by atoms with Crippen LogP contribution in [0.1, 0.15) is 16.5 Å². The highest BCUT2D eigenvalue weighted by Gasteiger charge is 2.14. The van der Waals surface area contributed by atoms with Crippen molar-refractivity contribution < 1.29 is 4.39 Å². The molecule has 0 N–H and O–H groups in total. The molecular formula is C13H10Cl2FN3S. The van der Waals surface area contributed by atoms with Crippen molar-refractivity contribution in [2.45, 2.75) is 19.3 Å². The summed E-state index contributed by atoms with van der Waals surface area (Å²) in [6.07, 6.45) is 0. The van der Waals surface area contributed by atoms with E-state index in [2.05, 4.69) is 9.97 Å². The molecule has 0 unspecified atom stereocenters. The summed E-state index contributed by atoms with van der Waals surface area (Å²) in [7, 11) is 0. The van der Waals surface area contributed by atoms with Gasteiger partial charge in [0.05, 0.1) is 39.2 Å². The lowest BCUT2D eigenvalue weighted by atomic mass is 10.3. The minimum Gasteiger partial charge on any atom is -0.321 e. The van der Waals surface area contributed by atoms with E-state index in [9.17, 15) is 4.39 Å². The Morgan fingerprint density at radius 3 is 2.80 bits per heavy atom. The highest BCUT2D eigenvalue weighted by atomic mass is 35.5. The highest BCUT2D eigenvalue weighted by Crippen LogP contribution is 2.25. The third-order valence-electron chi connectivity index (χ3n) is 2.98. The number of benzene rings is 1. The van der Waals surface area contributed by atoms with Crippen LogP contribution in [0.15, 0.2) is 17.5 Å². The Hall–Kier alpha value is -1.17. The number of rotatable bonds is 3. The predicted octanol–water partition coefficient (Wildman–Crippen LogP) is 4.38. The van der Waals surface area contributed by atoms with Crippen LogP contribution in [-0.4, -0.2) is 14.5 Å². The second kappa shape index (κ2) is 5.31. The molecule has 0 saturated carbocycles. The zero-order valence-corrected chi connectivity index (χ0v) is 12.9. The lowest BCUT2D eigenvalue weighted by Crippen LogP contribution is -2.04. The van der Waals surface area contributed by atoms with Crippen LogP contribution in [0.4, 0.5) is 4.39 Å². The van der Waals surface area contributed by atoms with E-state index in [0.29, 0.717) is 17.9 Å². The van der Waals surface area contributed by atoms with Gasteiger partial charge in [-0.15, -0.1) is 22.9 Å². The van der Waals surface area contributed by atoms with Crippen molar-refractivity contribution in [2.75, 3.05) is 0 Å². The Balaban J connectivity index is 2.14. The van der Waals surface area contributed by atoms with Crippen molar-refractivity contribution in [1.29, 1.82) is 0 Å². The number of hydrogen-bond donors (Lipinski definition) is 0. The monoisotopic (exact) mass is 329 g/mol. The fourth-order valence-electron chi connectivity index (χ4n) is 2.09. The topological polar surface area (TPSA) is 30.7 Å². The van der Waals surface area contributed by atoms with Crippen molar-refractivity contribution >= 4 is 45.6 Å². The van der Waals surface area contributed by atoms with Crippen LogP contribution < -0.4 is 0 Å². The van der Waals surface area contributed by atoms with Gasteiger partial charge in [0.15, 0.2) is 0 Å². The van der Waals surface area contributed by atoms with Crippen LogP contribution in [0.25, 0.3) is 11.0 Å². The summed E-state index contributed by atoms with van der Waals surface area (Å²) in [5.41, 5.74) is 2.24. The summed E-state index contributed by atoms with van der Waals surface area (Å²) in [6, 6.07) is 2.91. The van der Waals surface area contributed by atoms with Gasteiger partial charge in [-0.2, -0.15) is 0 Å². The summed E-state index contributed by atoms with van der Waals surface area (Å²) in [5.74, 6) is 0.445. The van der Waals surface area contributed by atoms with E-state index in [1.165, 1.54) is 6.07 Å². The molecule has 0 aliphatic carbocycles. The van der Waals surface area contributed by atoms with Crippen molar-refractivity contribution in [2.24, 2.45) is 0 Å². The van der Waals surface area contributed by atoms with Gasteiger partial charge in [0, 0.05) is 11.4 Å². The Morgan fingerprint density at radius 2 is 2.15 bits per heavy atom. The molecule has 0 radical (unpaired) electrons. The van der Waals surface area contributed by atoms with Crippen molar-refractivity contribution in [3.8, 4) is 0 Å². The number of nitrogens with zero attached hydrogens (tertiary/aromatic N) is 3. The quantitative estimate of drug-likeness (QED) is 0.667. The smallest absolute Gasteiger partial charge is 0.144 e. The molecule has 20 heavy (non-hydrogen) atoms. The predicted molar refractivity (Wildman–Crippen MR) is 80.2 cm³/mol. The van der Waals surface area contributed by atoms with Crippen LogP contribution in [-0.2, 0) is 12.4 Å². The normalized spacial score (nSPS) is 11.4. The van der Waals surface area contributed by atoms with Gasteiger partial charge in [-0.05, 0) is 13.0 Å². The van der Waals surface area contributed by atoms with Crippen molar-refractivity contribution in [3.05, 3.63) is 44.9 Å². The second-order valence-corrected chi connectivity index (χ2v) is 6.10. The van der Waals surface area contributed by atoms with E-state index in [4.69, 9.17) is 23.2 Å². The maximum atomic E-state index is 13.5. The standard InChI is InChI=1S/C13H10Cl2FN3S/c1-7-17-8(6-20-7)5-19-12-2-9(15)10(16)3-11(12)18-13(19)4-14/h2-3,6H,4-5H2,1H3. The average molecular weight is 330 g/mol. The van der Waals surface area contributed by atoms with Crippen molar-refractivity contribution in [1.82, 2.24) is 14.5 Å². The first-order valence-electron chi connectivity index (χ1n) is 5.89.